The van der Waals surface area contributed by atoms with Gasteiger partial charge in [0.1, 0.15) is 0 Å². The molecular weight excluding hydrogens is 381 g/mol. The summed E-state index contributed by atoms with van der Waals surface area (Å²) < 4.78 is 45.2. The number of benzene rings is 1. The molecule has 27 heavy (non-hydrogen) atoms. The smallest absolute Gasteiger partial charge is 0.322 e. The Morgan fingerprint density at radius 3 is 2.74 bits per heavy atom. The third-order valence-electron chi connectivity index (χ3n) is 4.37. The molecule has 1 aliphatic heterocycles. The van der Waals surface area contributed by atoms with E-state index in [9.17, 15) is 18.0 Å². The molecule has 0 fully saturated rings. The summed E-state index contributed by atoms with van der Waals surface area (Å²) >= 11 is 1.39. The summed E-state index contributed by atoms with van der Waals surface area (Å²) in [5.74, 6) is -3.77. The predicted molar refractivity (Wildman–Crippen MR) is 91.7 cm³/mol. The molecule has 10 heteroatoms. The van der Waals surface area contributed by atoms with Gasteiger partial charge in [0.2, 0.25) is 0 Å². The van der Waals surface area contributed by atoms with Crippen molar-refractivity contribution < 1.29 is 22.5 Å². The minimum Gasteiger partial charge on any atom is -0.355 e. The summed E-state index contributed by atoms with van der Waals surface area (Å²) in [4.78, 5) is 18.9. The van der Waals surface area contributed by atoms with E-state index in [2.05, 4.69) is 15.5 Å². The van der Waals surface area contributed by atoms with Crippen LogP contribution in [0.1, 0.15) is 18.2 Å². The zero-order valence-electron chi connectivity index (χ0n) is 14.0. The zero-order valence-corrected chi connectivity index (χ0v) is 14.8. The van der Waals surface area contributed by atoms with Gasteiger partial charge in [0, 0.05) is 42.0 Å². The first-order chi connectivity index (χ1) is 12.9. The van der Waals surface area contributed by atoms with Crippen LogP contribution in [0.4, 0.5) is 23.7 Å². The number of carbonyl (C=O) groups excluding carboxylic acids is 1. The molecule has 0 radical (unpaired) electrons. The highest BCUT2D eigenvalue weighted by Crippen LogP contribution is 2.34. The van der Waals surface area contributed by atoms with E-state index in [1.54, 1.807) is 11.7 Å². The molecule has 2 amide bonds. The van der Waals surface area contributed by atoms with Crippen molar-refractivity contribution in [2.75, 3.05) is 5.32 Å². The minimum absolute atomic E-state index is 0.164. The summed E-state index contributed by atoms with van der Waals surface area (Å²) in [6.45, 7) is 2.04. The maximum Gasteiger partial charge on any atom is 0.322 e. The van der Waals surface area contributed by atoms with Gasteiger partial charge in [-0.1, -0.05) is 5.16 Å². The number of hydrogen-bond acceptors (Lipinski definition) is 5. The lowest BCUT2D eigenvalue weighted by atomic mass is 10.00. The van der Waals surface area contributed by atoms with Crippen LogP contribution in [0.15, 0.2) is 28.4 Å². The minimum atomic E-state index is -1.58. The molecule has 3 aromatic rings. The molecule has 0 bridgehead atoms. The number of halogens is 3. The highest BCUT2D eigenvalue weighted by Gasteiger charge is 2.32. The number of nitrogens with one attached hydrogen (secondary N) is 1. The van der Waals surface area contributed by atoms with Crippen molar-refractivity contribution in [2.45, 2.75) is 25.9 Å². The summed E-state index contributed by atoms with van der Waals surface area (Å²) in [6.07, 6.45) is 2.12. The highest BCUT2D eigenvalue weighted by molar-refractivity contribution is 7.13. The fraction of sp³-hybridized carbons (Fsp3) is 0.235. The molecule has 6 nitrogen and oxygen atoms in total. The SMILES string of the molecule is C[C@H]1Cc2noc(-c3cncs3)c2CN1C(=O)Nc1cc(F)c(F)c(F)c1. The third kappa shape index (κ3) is 3.16. The molecule has 0 aliphatic carbocycles. The van der Waals surface area contributed by atoms with Crippen molar-refractivity contribution in [3.63, 3.8) is 0 Å². The van der Waals surface area contributed by atoms with Gasteiger partial charge >= 0.3 is 6.03 Å². The van der Waals surface area contributed by atoms with Gasteiger partial charge in [-0.3, -0.25) is 4.98 Å². The number of urea groups is 1. The van der Waals surface area contributed by atoms with Crippen molar-refractivity contribution in [3.05, 3.63) is 52.5 Å². The Bertz CT molecular complexity index is 983. The summed E-state index contributed by atoms with van der Waals surface area (Å²) in [5, 5.41) is 6.49. The quantitative estimate of drug-likeness (QED) is 0.662. The molecule has 1 atom stereocenters. The number of rotatable bonds is 2. The van der Waals surface area contributed by atoms with Crippen LogP contribution in [0.5, 0.6) is 0 Å². The molecule has 0 saturated heterocycles. The average molecular weight is 394 g/mol. The Balaban J connectivity index is 1.58. The average Bonchev–Trinajstić information content (AvgIpc) is 3.27. The van der Waals surface area contributed by atoms with Crippen LogP contribution in [0, 0.1) is 17.5 Å². The van der Waals surface area contributed by atoms with E-state index in [0.29, 0.717) is 12.2 Å². The Hall–Kier alpha value is -2.88. The van der Waals surface area contributed by atoms with E-state index in [-0.39, 0.29) is 18.3 Å². The largest absolute Gasteiger partial charge is 0.355 e. The van der Waals surface area contributed by atoms with Crippen molar-refractivity contribution >= 4 is 23.1 Å². The molecule has 4 rings (SSSR count). The van der Waals surface area contributed by atoms with Crippen LogP contribution in [-0.2, 0) is 13.0 Å². The van der Waals surface area contributed by atoms with Gasteiger partial charge in [0.05, 0.1) is 22.6 Å². The van der Waals surface area contributed by atoms with Gasteiger partial charge in [0.15, 0.2) is 23.2 Å². The van der Waals surface area contributed by atoms with Crippen LogP contribution in [0.3, 0.4) is 0 Å². The number of hydrogen-bond donors (Lipinski definition) is 1. The molecule has 0 saturated carbocycles. The van der Waals surface area contributed by atoms with Crippen LogP contribution in [-0.4, -0.2) is 27.1 Å². The Morgan fingerprint density at radius 2 is 2.07 bits per heavy atom. The fourth-order valence-corrected chi connectivity index (χ4v) is 3.62. The van der Waals surface area contributed by atoms with E-state index in [1.165, 1.54) is 16.2 Å². The summed E-state index contributed by atoms with van der Waals surface area (Å²) in [5.41, 5.74) is 3.03. The van der Waals surface area contributed by atoms with Crippen LogP contribution >= 0.6 is 11.3 Å². The molecule has 0 spiro atoms. The molecule has 1 aliphatic rings. The number of nitrogens with zero attached hydrogens (tertiary/aromatic N) is 3. The van der Waals surface area contributed by atoms with Gasteiger partial charge < -0.3 is 14.7 Å². The molecule has 0 unspecified atom stereocenters. The van der Waals surface area contributed by atoms with E-state index < -0.39 is 23.5 Å². The second-order valence-corrected chi connectivity index (χ2v) is 7.05. The fourth-order valence-electron chi connectivity index (χ4n) is 3.00. The van der Waals surface area contributed by atoms with E-state index >= 15 is 0 Å². The molecule has 3 heterocycles. The maximum absolute atomic E-state index is 13.4. The third-order valence-corrected chi connectivity index (χ3v) is 5.14. The number of fused-ring (bicyclic) bond motifs is 1. The number of carbonyl (C=O) groups is 1. The van der Waals surface area contributed by atoms with Crippen molar-refractivity contribution in [2.24, 2.45) is 0 Å². The number of amides is 2. The van der Waals surface area contributed by atoms with E-state index in [0.717, 1.165) is 28.3 Å². The monoisotopic (exact) mass is 394 g/mol. The zero-order chi connectivity index (χ0) is 19.1. The Morgan fingerprint density at radius 1 is 1.33 bits per heavy atom. The normalized spacial score (nSPS) is 16.3. The lowest BCUT2D eigenvalue weighted by molar-refractivity contribution is 0.182. The molecular formula is C17H13F3N4O2S. The van der Waals surface area contributed by atoms with Gasteiger partial charge in [-0.25, -0.2) is 18.0 Å². The van der Waals surface area contributed by atoms with Crippen LogP contribution in [0.25, 0.3) is 10.6 Å². The van der Waals surface area contributed by atoms with Crippen molar-refractivity contribution in [3.8, 4) is 10.6 Å². The van der Waals surface area contributed by atoms with Crippen LogP contribution in [0.2, 0.25) is 0 Å². The maximum atomic E-state index is 13.4. The molecule has 1 aromatic carbocycles. The molecule has 2 aromatic heterocycles. The first-order valence-electron chi connectivity index (χ1n) is 8.02. The standard InChI is InChI=1S/C17H13F3N4O2S/c1-8-2-13-10(16(26-23-13)14-5-21-7-27-14)6-24(8)17(25)22-9-3-11(18)15(20)12(19)4-9/h3-5,7-8H,2,6H2,1H3,(H,22,25)/t8-/m0/s1. The number of anilines is 1. The highest BCUT2D eigenvalue weighted by atomic mass is 32.1. The second-order valence-electron chi connectivity index (χ2n) is 6.17. The number of aromatic nitrogens is 2. The van der Waals surface area contributed by atoms with E-state index in [1.807, 2.05) is 6.92 Å². The molecule has 140 valence electrons. The van der Waals surface area contributed by atoms with Crippen molar-refractivity contribution in [1.29, 1.82) is 0 Å². The second kappa shape index (κ2) is 6.69. The topological polar surface area (TPSA) is 71.3 Å². The van der Waals surface area contributed by atoms with Gasteiger partial charge in [-0.2, -0.15) is 0 Å². The van der Waals surface area contributed by atoms with E-state index in [4.69, 9.17) is 4.52 Å². The summed E-state index contributed by atoms with van der Waals surface area (Å²) in [6, 6.07) is 0.693. The lowest BCUT2D eigenvalue weighted by Crippen LogP contribution is -2.44. The molecule has 1 N–H and O–H groups in total. The van der Waals surface area contributed by atoms with Gasteiger partial charge in [-0.05, 0) is 6.92 Å². The summed E-state index contributed by atoms with van der Waals surface area (Å²) in [7, 11) is 0. The Kier molecular flexibility index (Phi) is 4.34. The Labute approximate surface area is 155 Å². The number of thiazole rings is 1. The first kappa shape index (κ1) is 17.5. The lowest BCUT2D eigenvalue weighted by Gasteiger charge is -2.32. The van der Waals surface area contributed by atoms with Crippen LogP contribution < -0.4 is 5.32 Å². The first-order valence-corrected chi connectivity index (χ1v) is 8.90. The van der Waals surface area contributed by atoms with Gasteiger partial charge in [-0.15, -0.1) is 11.3 Å². The predicted octanol–water partition coefficient (Wildman–Crippen LogP) is 4.19. The van der Waals surface area contributed by atoms with Gasteiger partial charge in [0.25, 0.3) is 0 Å². The van der Waals surface area contributed by atoms with Crippen molar-refractivity contribution in [1.82, 2.24) is 15.0 Å².